The molecule has 5 nitrogen and oxygen atoms in total. The van der Waals surface area contributed by atoms with E-state index in [0.29, 0.717) is 12.5 Å². The van der Waals surface area contributed by atoms with Crippen molar-refractivity contribution in [3.8, 4) is 0 Å². The molecule has 2 heterocycles. The van der Waals surface area contributed by atoms with Gasteiger partial charge in [0.1, 0.15) is 0 Å². The van der Waals surface area contributed by atoms with E-state index >= 15 is 0 Å². The molecule has 1 aliphatic heterocycles. The van der Waals surface area contributed by atoms with Crippen molar-refractivity contribution >= 4 is 17.4 Å². The van der Waals surface area contributed by atoms with Crippen LogP contribution in [0.3, 0.4) is 0 Å². The molecule has 0 radical (unpaired) electrons. The van der Waals surface area contributed by atoms with Crippen LogP contribution in [0.1, 0.15) is 41.9 Å². The summed E-state index contributed by atoms with van der Waals surface area (Å²) in [5.74, 6) is 0.453. The predicted molar refractivity (Wildman–Crippen MR) is 84.7 cm³/mol. The quantitative estimate of drug-likeness (QED) is 0.909. The molecule has 21 heavy (non-hydrogen) atoms. The minimum atomic E-state index is -0.0275. The van der Waals surface area contributed by atoms with Crippen molar-refractivity contribution in [2.75, 3.05) is 26.8 Å². The number of aryl methyl sites for hydroxylation is 2. The summed E-state index contributed by atoms with van der Waals surface area (Å²) in [5.41, 5.74) is 1.04. The van der Waals surface area contributed by atoms with Gasteiger partial charge < -0.3 is 15.0 Å². The number of aromatic nitrogens is 1. The highest BCUT2D eigenvalue weighted by molar-refractivity contribution is 7.11. The molecule has 1 aromatic rings. The summed E-state index contributed by atoms with van der Waals surface area (Å²) in [6.45, 7) is 8.44. The molecule has 2 rings (SSSR count). The molecule has 1 aliphatic rings. The maximum Gasteiger partial charge on any atom is 0.317 e. The average molecular weight is 311 g/mol. The summed E-state index contributed by atoms with van der Waals surface area (Å²) < 4.78 is 5.33. The number of thiazole rings is 1. The minimum absolute atomic E-state index is 0.0275. The Kier molecular flexibility index (Phi) is 5.58. The smallest absolute Gasteiger partial charge is 0.317 e. The SMILES string of the molecule is CCc1nc(C)c([C@@H](C)N(C)C(=O)NC[C@H]2CCOC2)s1. The maximum absolute atomic E-state index is 12.3. The van der Waals surface area contributed by atoms with E-state index in [2.05, 4.69) is 24.1 Å². The second-order valence-corrected chi connectivity index (χ2v) is 6.73. The van der Waals surface area contributed by atoms with E-state index in [4.69, 9.17) is 4.74 Å². The second kappa shape index (κ2) is 7.22. The Bertz CT molecular complexity index is 483. The third-order valence-corrected chi connectivity index (χ3v) is 5.50. The molecule has 1 saturated heterocycles. The molecule has 0 saturated carbocycles. The molecule has 1 fully saturated rings. The van der Waals surface area contributed by atoms with E-state index in [9.17, 15) is 4.79 Å². The monoisotopic (exact) mass is 311 g/mol. The molecular weight excluding hydrogens is 286 g/mol. The highest BCUT2D eigenvalue weighted by atomic mass is 32.1. The van der Waals surface area contributed by atoms with E-state index in [-0.39, 0.29) is 12.1 Å². The largest absolute Gasteiger partial charge is 0.381 e. The first-order valence-corrected chi connectivity index (χ1v) is 8.39. The summed E-state index contributed by atoms with van der Waals surface area (Å²) in [7, 11) is 1.84. The van der Waals surface area contributed by atoms with Crippen molar-refractivity contribution in [3.05, 3.63) is 15.6 Å². The lowest BCUT2D eigenvalue weighted by Gasteiger charge is -2.25. The first-order valence-electron chi connectivity index (χ1n) is 7.57. The molecule has 1 N–H and O–H groups in total. The zero-order valence-electron chi connectivity index (χ0n) is 13.3. The standard InChI is InChI=1S/C15H25N3O2S/c1-5-13-17-10(2)14(21-13)11(3)18(4)15(19)16-8-12-6-7-20-9-12/h11-12H,5-9H2,1-4H3,(H,16,19)/t11-,12-/m1/s1. The Morgan fingerprint density at radius 3 is 2.95 bits per heavy atom. The van der Waals surface area contributed by atoms with Crippen molar-refractivity contribution in [3.63, 3.8) is 0 Å². The molecule has 0 aromatic carbocycles. The number of nitrogens with one attached hydrogen (secondary N) is 1. The molecule has 0 spiro atoms. The van der Waals surface area contributed by atoms with Crippen LogP contribution in [0.15, 0.2) is 0 Å². The molecule has 2 atom stereocenters. The van der Waals surface area contributed by atoms with Gasteiger partial charge in [-0.3, -0.25) is 0 Å². The third-order valence-electron chi connectivity index (χ3n) is 4.03. The number of hydrogen-bond acceptors (Lipinski definition) is 4. The Hall–Kier alpha value is -1.14. The first kappa shape index (κ1) is 16.2. The zero-order valence-corrected chi connectivity index (χ0v) is 14.1. The lowest BCUT2D eigenvalue weighted by Crippen LogP contribution is -2.40. The van der Waals surface area contributed by atoms with Crippen molar-refractivity contribution in [2.24, 2.45) is 5.92 Å². The fourth-order valence-electron chi connectivity index (χ4n) is 2.46. The number of hydrogen-bond donors (Lipinski definition) is 1. The Balaban J connectivity index is 1.92. The molecule has 1 aromatic heterocycles. The number of carbonyl (C=O) groups is 1. The number of rotatable bonds is 5. The molecule has 6 heteroatoms. The highest BCUT2D eigenvalue weighted by Crippen LogP contribution is 2.28. The summed E-state index contributed by atoms with van der Waals surface area (Å²) >= 11 is 1.70. The molecule has 2 amide bonds. The highest BCUT2D eigenvalue weighted by Gasteiger charge is 2.23. The lowest BCUT2D eigenvalue weighted by molar-refractivity contribution is 0.179. The Morgan fingerprint density at radius 2 is 2.38 bits per heavy atom. The normalized spacial score (nSPS) is 19.5. The predicted octanol–water partition coefficient (Wildman–Crippen LogP) is 2.75. The zero-order chi connectivity index (χ0) is 15.4. The van der Waals surface area contributed by atoms with Gasteiger partial charge in [0, 0.05) is 31.0 Å². The fraction of sp³-hybridized carbons (Fsp3) is 0.733. The van der Waals surface area contributed by atoms with Crippen LogP contribution in [-0.4, -0.2) is 42.7 Å². The van der Waals surface area contributed by atoms with Crippen LogP contribution in [0.4, 0.5) is 4.79 Å². The van der Waals surface area contributed by atoms with Crippen LogP contribution in [-0.2, 0) is 11.2 Å². The van der Waals surface area contributed by atoms with Gasteiger partial charge in [-0.25, -0.2) is 9.78 Å². The molecule has 0 unspecified atom stereocenters. The number of nitrogens with zero attached hydrogens (tertiary/aromatic N) is 2. The van der Waals surface area contributed by atoms with Gasteiger partial charge in [-0.15, -0.1) is 11.3 Å². The average Bonchev–Trinajstić information content (AvgIpc) is 3.12. The summed E-state index contributed by atoms with van der Waals surface area (Å²) in [6, 6.07) is 0.0166. The topological polar surface area (TPSA) is 54.5 Å². The van der Waals surface area contributed by atoms with Crippen molar-refractivity contribution < 1.29 is 9.53 Å². The maximum atomic E-state index is 12.3. The van der Waals surface area contributed by atoms with Gasteiger partial charge in [0.15, 0.2) is 0 Å². The van der Waals surface area contributed by atoms with E-state index in [0.717, 1.165) is 36.8 Å². The lowest BCUT2D eigenvalue weighted by atomic mass is 10.1. The van der Waals surface area contributed by atoms with Crippen LogP contribution in [0.25, 0.3) is 0 Å². The van der Waals surface area contributed by atoms with Gasteiger partial charge in [0.05, 0.1) is 23.4 Å². The fourth-order valence-corrected chi connectivity index (χ4v) is 3.56. The van der Waals surface area contributed by atoms with Gasteiger partial charge in [0.25, 0.3) is 0 Å². The van der Waals surface area contributed by atoms with E-state index in [1.54, 1.807) is 16.2 Å². The molecule has 118 valence electrons. The van der Waals surface area contributed by atoms with Crippen LogP contribution in [0, 0.1) is 12.8 Å². The van der Waals surface area contributed by atoms with Gasteiger partial charge in [-0.05, 0) is 26.7 Å². The van der Waals surface area contributed by atoms with Gasteiger partial charge in [-0.1, -0.05) is 6.92 Å². The van der Waals surface area contributed by atoms with E-state index in [1.807, 2.05) is 14.0 Å². The summed E-state index contributed by atoms with van der Waals surface area (Å²) in [4.78, 5) is 19.7. The number of ether oxygens (including phenoxy) is 1. The van der Waals surface area contributed by atoms with Crippen LogP contribution in [0.2, 0.25) is 0 Å². The third kappa shape index (κ3) is 3.95. The van der Waals surface area contributed by atoms with E-state index < -0.39 is 0 Å². The van der Waals surface area contributed by atoms with Crippen molar-refractivity contribution in [1.82, 2.24) is 15.2 Å². The molecule has 0 bridgehead atoms. The van der Waals surface area contributed by atoms with Crippen LogP contribution >= 0.6 is 11.3 Å². The van der Waals surface area contributed by atoms with Gasteiger partial charge in [-0.2, -0.15) is 0 Å². The molecular formula is C15H25N3O2S. The Labute approximate surface area is 130 Å². The van der Waals surface area contributed by atoms with Gasteiger partial charge in [0.2, 0.25) is 0 Å². The molecule has 0 aliphatic carbocycles. The number of amides is 2. The van der Waals surface area contributed by atoms with Crippen molar-refractivity contribution in [1.29, 1.82) is 0 Å². The summed E-state index contributed by atoms with van der Waals surface area (Å²) in [5, 5.41) is 4.14. The van der Waals surface area contributed by atoms with E-state index in [1.165, 1.54) is 4.88 Å². The minimum Gasteiger partial charge on any atom is -0.381 e. The Morgan fingerprint density at radius 1 is 1.62 bits per heavy atom. The first-order chi connectivity index (χ1) is 10.0. The van der Waals surface area contributed by atoms with Crippen molar-refractivity contribution in [2.45, 2.75) is 39.7 Å². The number of carbonyl (C=O) groups excluding carboxylic acids is 1. The van der Waals surface area contributed by atoms with Crippen LogP contribution in [0.5, 0.6) is 0 Å². The number of urea groups is 1. The summed E-state index contributed by atoms with van der Waals surface area (Å²) in [6.07, 6.45) is 1.98. The van der Waals surface area contributed by atoms with Gasteiger partial charge >= 0.3 is 6.03 Å². The van der Waals surface area contributed by atoms with Crippen LogP contribution < -0.4 is 5.32 Å². The second-order valence-electron chi connectivity index (χ2n) is 5.61.